The summed E-state index contributed by atoms with van der Waals surface area (Å²) in [5.74, 6) is -0.446. The Labute approximate surface area is 146 Å². The van der Waals surface area contributed by atoms with Crippen LogP contribution < -0.4 is 5.32 Å². The van der Waals surface area contributed by atoms with Crippen molar-refractivity contribution in [2.75, 3.05) is 56.0 Å². The zero-order valence-corrected chi connectivity index (χ0v) is 16.6. The summed E-state index contributed by atoms with van der Waals surface area (Å²) in [5, 5.41) is 2.75. The Morgan fingerprint density at radius 3 is 1.29 bits per heavy atom. The molecule has 0 aromatic carbocycles. The molecule has 8 nitrogen and oxygen atoms in total. The molecule has 0 fully saturated rings. The SMILES string of the molecule is CC(=O)CC(=O)N(C)C.CC(=O)CC(=O)N(C)CN(C)C.CNC. The topological polar surface area (TPSA) is 90.0 Å². The Balaban J connectivity index is -0.000000324. The molecule has 0 bridgehead atoms. The summed E-state index contributed by atoms with van der Waals surface area (Å²) in [7, 11) is 12.4. The molecule has 0 atom stereocenters. The molecular formula is C16H34N4O4. The van der Waals surface area contributed by atoms with Crippen molar-refractivity contribution in [1.82, 2.24) is 20.0 Å². The van der Waals surface area contributed by atoms with Crippen molar-refractivity contribution in [3.8, 4) is 0 Å². The number of carbonyl (C=O) groups excluding carboxylic acids is 4. The zero-order chi connectivity index (χ0) is 19.9. The fourth-order valence-electron chi connectivity index (χ4n) is 1.22. The van der Waals surface area contributed by atoms with E-state index in [9.17, 15) is 19.2 Å². The highest BCUT2D eigenvalue weighted by Gasteiger charge is 2.10. The maximum Gasteiger partial charge on any atom is 0.230 e. The molecule has 0 unspecified atom stereocenters. The van der Waals surface area contributed by atoms with E-state index >= 15 is 0 Å². The van der Waals surface area contributed by atoms with E-state index in [1.54, 1.807) is 21.1 Å². The first-order valence-corrected chi connectivity index (χ1v) is 7.55. The molecule has 0 radical (unpaired) electrons. The Hall–Kier alpha value is -1.80. The second-order valence-corrected chi connectivity index (χ2v) is 5.86. The molecule has 8 heteroatoms. The predicted octanol–water partition coefficient (Wildman–Crippen LogP) is -0.168. The van der Waals surface area contributed by atoms with Crippen molar-refractivity contribution >= 4 is 23.4 Å². The third kappa shape index (κ3) is 22.5. The molecule has 142 valence electrons. The number of nitrogens with one attached hydrogen (secondary N) is 1. The van der Waals surface area contributed by atoms with E-state index in [4.69, 9.17) is 0 Å². The average Bonchev–Trinajstić information content (AvgIpc) is 2.37. The molecule has 0 aliphatic heterocycles. The third-order valence-corrected chi connectivity index (χ3v) is 2.22. The lowest BCUT2D eigenvalue weighted by Crippen LogP contribution is -2.35. The average molecular weight is 346 g/mol. The minimum Gasteiger partial charge on any atom is -0.348 e. The highest BCUT2D eigenvalue weighted by atomic mass is 16.2. The Morgan fingerprint density at radius 1 is 0.750 bits per heavy atom. The molecule has 0 saturated heterocycles. The first-order chi connectivity index (χ1) is 10.9. The summed E-state index contributed by atoms with van der Waals surface area (Å²) < 4.78 is 0. The lowest BCUT2D eigenvalue weighted by molar-refractivity contribution is -0.135. The van der Waals surface area contributed by atoms with Gasteiger partial charge in [-0.2, -0.15) is 0 Å². The lowest BCUT2D eigenvalue weighted by Gasteiger charge is -2.20. The fourth-order valence-corrected chi connectivity index (χ4v) is 1.22. The molecule has 0 aromatic rings. The van der Waals surface area contributed by atoms with Crippen LogP contribution in [0.1, 0.15) is 26.7 Å². The van der Waals surface area contributed by atoms with Gasteiger partial charge in [0.2, 0.25) is 11.8 Å². The van der Waals surface area contributed by atoms with E-state index in [-0.39, 0.29) is 36.2 Å². The van der Waals surface area contributed by atoms with Crippen molar-refractivity contribution in [2.45, 2.75) is 26.7 Å². The van der Waals surface area contributed by atoms with Gasteiger partial charge in [0.1, 0.15) is 11.6 Å². The summed E-state index contributed by atoms with van der Waals surface area (Å²) in [6.45, 7) is 3.37. The molecule has 0 rings (SSSR count). The summed E-state index contributed by atoms with van der Waals surface area (Å²) >= 11 is 0. The summed E-state index contributed by atoms with van der Waals surface area (Å²) in [6.07, 6.45) is 0.0251. The van der Waals surface area contributed by atoms with Crippen LogP contribution in [-0.2, 0) is 19.2 Å². The van der Waals surface area contributed by atoms with E-state index in [1.165, 1.54) is 23.6 Å². The predicted molar refractivity (Wildman–Crippen MR) is 95.6 cm³/mol. The van der Waals surface area contributed by atoms with Gasteiger partial charge in [0.15, 0.2) is 0 Å². The van der Waals surface area contributed by atoms with Crippen LogP contribution in [-0.4, -0.2) is 94.1 Å². The number of amides is 2. The van der Waals surface area contributed by atoms with Crippen molar-refractivity contribution in [3.05, 3.63) is 0 Å². The number of hydrogen-bond acceptors (Lipinski definition) is 6. The highest BCUT2D eigenvalue weighted by molar-refractivity contribution is 5.97. The molecule has 0 aromatic heterocycles. The van der Waals surface area contributed by atoms with Crippen LogP contribution in [0, 0.1) is 0 Å². The molecule has 0 aliphatic rings. The Kier molecular flexibility index (Phi) is 18.1. The summed E-state index contributed by atoms with van der Waals surface area (Å²) in [6, 6.07) is 0. The van der Waals surface area contributed by atoms with E-state index in [0.29, 0.717) is 6.67 Å². The molecule has 2 amide bonds. The third-order valence-electron chi connectivity index (χ3n) is 2.22. The molecule has 1 N–H and O–H groups in total. The summed E-state index contributed by atoms with van der Waals surface area (Å²) in [4.78, 5) is 47.5. The molecule has 0 heterocycles. The Morgan fingerprint density at radius 2 is 1.08 bits per heavy atom. The first-order valence-electron chi connectivity index (χ1n) is 7.55. The van der Waals surface area contributed by atoms with Crippen LogP contribution in [0.15, 0.2) is 0 Å². The molecule has 24 heavy (non-hydrogen) atoms. The maximum atomic E-state index is 11.2. The first kappa shape index (κ1) is 27.1. The van der Waals surface area contributed by atoms with Gasteiger partial charge in [0.25, 0.3) is 0 Å². The molecule has 0 saturated carbocycles. The van der Waals surface area contributed by atoms with Gasteiger partial charge in [0, 0.05) is 21.1 Å². The van der Waals surface area contributed by atoms with Gasteiger partial charge in [-0.1, -0.05) is 0 Å². The largest absolute Gasteiger partial charge is 0.348 e. The van der Waals surface area contributed by atoms with Crippen molar-refractivity contribution in [2.24, 2.45) is 0 Å². The van der Waals surface area contributed by atoms with E-state index in [0.717, 1.165) is 0 Å². The second-order valence-electron chi connectivity index (χ2n) is 5.86. The van der Waals surface area contributed by atoms with E-state index in [2.05, 4.69) is 5.32 Å². The van der Waals surface area contributed by atoms with Crippen LogP contribution in [0.2, 0.25) is 0 Å². The minimum atomic E-state index is -0.137. The van der Waals surface area contributed by atoms with Crippen molar-refractivity contribution in [3.63, 3.8) is 0 Å². The normalized spacial score (nSPS) is 9.08. The monoisotopic (exact) mass is 346 g/mol. The van der Waals surface area contributed by atoms with Crippen LogP contribution >= 0.6 is 0 Å². The van der Waals surface area contributed by atoms with Gasteiger partial charge in [-0.15, -0.1) is 0 Å². The van der Waals surface area contributed by atoms with Gasteiger partial charge in [0.05, 0.1) is 19.5 Å². The standard InChI is InChI=1S/C8H16N2O2.C6H11NO2.C2H7N/c1-7(11)5-8(12)10(4)6-9(2)3;1-5(8)4-6(9)7(2)3;1-3-2/h5-6H2,1-4H3;4H2,1-3H3;3H,1-2H3. The molecule has 0 spiro atoms. The number of Topliss-reactive ketones (excluding diaryl/α,β-unsaturated/α-hetero) is 2. The minimum absolute atomic E-state index is 0.00431. The lowest BCUT2D eigenvalue weighted by atomic mass is 10.3. The highest BCUT2D eigenvalue weighted by Crippen LogP contribution is 1.92. The fraction of sp³-hybridized carbons (Fsp3) is 0.750. The van der Waals surface area contributed by atoms with Gasteiger partial charge in [-0.05, 0) is 42.0 Å². The molecule has 0 aliphatic carbocycles. The second kappa shape index (κ2) is 16.1. The molecular weight excluding hydrogens is 312 g/mol. The van der Waals surface area contributed by atoms with Gasteiger partial charge < -0.3 is 15.1 Å². The number of hydrogen-bond donors (Lipinski definition) is 1. The zero-order valence-electron chi connectivity index (χ0n) is 16.6. The van der Waals surface area contributed by atoms with Crippen LogP contribution in [0.4, 0.5) is 0 Å². The number of rotatable bonds is 6. The Bertz CT molecular complexity index is 396. The van der Waals surface area contributed by atoms with E-state index in [1.807, 2.05) is 33.1 Å². The van der Waals surface area contributed by atoms with Crippen molar-refractivity contribution < 1.29 is 19.2 Å². The van der Waals surface area contributed by atoms with Crippen LogP contribution in [0.3, 0.4) is 0 Å². The van der Waals surface area contributed by atoms with E-state index < -0.39 is 0 Å². The van der Waals surface area contributed by atoms with Gasteiger partial charge in [-0.3, -0.25) is 24.1 Å². The van der Waals surface area contributed by atoms with Crippen LogP contribution in [0.5, 0.6) is 0 Å². The van der Waals surface area contributed by atoms with Crippen LogP contribution in [0.25, 0.3) is 0 Å². The number of carbonyl (C=O) groups is 4. The summed E-state index contributed by atoms with van der Waals surface area (Å²) in [5.41, 5.74) is 0. The maximum absolute atomic E-state index is 11.2. The number of nitrogens with zero attached hydrogens (tertiary/aromatic N) is 3. The van der Waals surface area contributed by atoms with Gasteiger partial charge >= 0.3 is 0 Å². The quantitative estimate of drug-likeness (QED) is 0.531. The smallest absolute Gasteiger partial charge is 0.230 e. The van der Waals surface area contributed by atoms with Crippen molar-refractivity contribution in [1.29, 1.82) is 0 Å². The van der Waals surface area contributed by atoms with Gasteiger partial charge in [-0.25, -0.2) is 0 Å². The number of ketones is 2.